The summed E-state index contributed by atoms with van der Waals surface area (Å²) in [6, 6.07) is 3.17. The molecule has 6 fully saturated rings. The Kier molecular flexibility index (Phi) is 11.1. The quantitative estimate of drug-likeness (QED) is 0.218. The Morgan fingerprint density at radius 1 is 0.921 bits per heavy atom. The number of halogens is 2. The second-order valence-electron chi connectivity index (χ2n) is 19.1. The molecule has 3 aromatic rings. The van der Waals surface area contributed by atoms with Gasteiger partial charge in [0.15, 0.2) is 0 Å². The summed E-state index contributed by atoms with van der Waals surface area (Å²) >= 11 is 5.24. The highest BCUT2D eigenvalue weighted by molar-refractivity contribution is 7.89. The van der Waals surface area contributed by atoms with E-state index in [9.17, 15) is 33.6 Å². The molecule has 336 valence electrons. The Hall–Kier alpha value is -4.20. The lowest BCUT2D eigenvalue weighted by Crippen LogP contribution is -2.57. The lowest BCUT2D eigenvalue weighted by atomic mass is 9.59. The van der Waals surface area contributed by atoms with Crippen molar-refractivity contribution in [2.75, 3.05) is 49.5 Å². The molecule has 2 aromatic heterocycles. The molecule has 4 atom stereocenters. The summed E-state index contributed by atoms with van der Waals surface area (Å²) in [6.45, 7) is 6.23. The van der Waals surface area contributed by atoms with Gasteiger partial charge >= 0.3 is 0 Å². The number of benzene rings is 1. The summed E-state index contributed by atoms with van der Waals surface area (Å²) in [5.41, 5.74) is -0.459. The number of aliphatic hydroxyl groups is 1. The molecule has 1 spiro atoms. The Morgan fingerprint density at radius 2 is 1.62 bits per heavy atom. The van der Waals surface area contributed by atoms with E-state index in [1.165, 1.54) is 6.07 Å². The summed E-state index contributed by atoms with van der Waals surface area (Å²) in [7, 11) is 0. The smallest absolute Gasteiger partial charge is 0.271 e. The first-order valence-electron chi connectivity index (χ1n) is 22.5. The van der Waals surface area contributed by atoms with Gasteiger partial charge in [-0.25, -0.2) is 9.37 Å². The van der Waals surface area contributed by atoms with E-state index in [1.807, 2.05) is 4.90 Å². The van der Waals surface area contributed by atoms with Crippen LogP contribution in [0.1, 0.15) is 117 Å². The summed E-state index contributed by atoms with van der Waals surface area (Å²) in [6.07, 6.45) is 11.0. The highest BCUT2D eigenvalue weighted by atomic mass is 35.5. The Morgan fingerprint density at radius 3 is 2.29 bits per heavy atom. The number of imide groups is 2. The van der Waals surface area contributed by atoms with Crippen molar-refractivity contribution in [1.29, 1.82) is 0 Å². The normalized spacial score (nSPS) is 28.2. The largest absolute Gasteiger partial charge is 0.598 e. The second-order valence-corrected chi connectivity index (χ2v) is 21.3. The number of amides is 4. The van der Waals surface area contributed by atoms with Crippen molar-refractivity contribution in [2.24, 2.45) is 5.41 Å². The number of anilines is 2. The molecule has 2 saturated carbocycles. The predicted octanol–water partition coefficient (Wildman–Crippen LogP) is 3.91. The van der Waals surface area contributed by atoms with Gasteiger partial charge in [-0.05, 0) is 94.7 Å². The van der Waals surface area contributed by atoms with E-state index in [2.05, 4.69) is 24.8 Å². The van der Waals surface area contributed by atoms with Crippen LogP contribution in [0.5, 0.6) is 0 Å². The number of hydrogen-bond donors (Lipinski definition) is 3. The van der Waals surface area contributed by atoms with Gasteiger partial charge in [0.05, 0.1) is 28.5 Å². The lowest BCUT2D eigenvalue weighted by molar-refractivity contribution is -0.136. The van der Waals surface area contributed by atoms with Gasteiger partial charge in [0.25, 0.3) is 17.4 Å². The lowest BCUT2D eigenvalue weighted by Gasteiger charge is -2.56. The Labute approximate surface area is 372 Å². The highest BCUT2D eigenvalue weighted by Gasteiger charge is 2.50. The number of piperidine rings is 4. The third kappa shape index (κ3) is 7.71. The third-order valence-corrected chi connectivity index (χ3v) is 17.4. The van der Waals surface area contributed by atoms with E-state index in [0.717, 1.165) is 81.8 Å². The van der Waals surface area contributed by atoms with Crippen molar-refractivity contribution in [3.8, 4) is 0 Å². The molecule has 4 amide bonds. The first-order valence-corrected chi connectivity index (χ1v) is 24.0. The van der Waals surface area contributed by atoms with Gasteiger partial charge in [-0.3, -0.25) is 43.7 Å². The van der Waals surface area contributed by atoms with Gasteiger partial charge in [0.1, 0.15) is 27.8 Å². The molecule has 2 unspecified atom stereocenters. The zero-order valence-electron chi connectivity index (χ0n) is 35.3. The van der Waals surface area contributed by atoms with Crippen molar-refractivity contribution < 1.29 is 33.2 Å². The summed E-state index contributed by atoms with van der Waals surface area (Å²) in [5.74, 6) is -2.66. The minimum absolute atomic E-state index is 0.0170. The fourth-order valence-electron chi connectivity index (χ4n) is 11.5. The minimum Gasteiger partial charge on any atom is -0.598 e. The van der Waals surface area contributed by atoms with E-state index in [0.29, 0.717) is 62.0 Å². The van der Waals surface area contributed by atoms with Gasteiger partial charge in [-0.2, -0.15) is 4.98 Å². The third-order valence-electron chi connectivity index (χ3n) is 15.2. The molecule has 0 radical (unpaired) electrons. The summed E-state index contributed by atoms with van der Waals surface area (Å²) in [5, 5.41) is 17.5. The number of nitrogens with one attached hydrogen (secondary N) is 2. The zero-order chi connectivity index (χ0) is 43.9. The average molecular weight is 906 g/mol. The molecule has 7 heterocycles. The molecule has 16 nitrogen and oxygen atoms in total. The maximum atomic E-state index is 15.6. The predicted molar refractivity (Wildman–Crippen MR) is 233 cm³/mol. The molecular weight excluding hydrogens is 853 g/mol. The SMILES string of the molecule is C[C@@]1(O)CCC[C@H]1n1c(=O)c(Cl)cc2cnc(NC3CCN([S+]([O-])C4CCN(C5CC6(CCN(c7cc8c(cc7F)C(=O)N(C7CCC(=O)NC7=O)C8=O)CC6)C5)CC4)CC3)nc21. The average Bonchev–Trinajstić information content (AvgIpc) is 3.73. The molecule has 3 N–H and O–H groups in total. The van der Waals surface area contributed by atoms with E-state index < -0.39 is 58.5 Å². The maximum absolute atomic E-state index is 15.6. The van der Waals surface area contributed by atoms with Crippen LogP contribution in [-0.2, 0) is 21.0 Å². The molecule has 19 heteroatoms. The minimum atomic E-state index is -1.10. The van der Waals surface area contributed by atoms with Gasteiger partial charge in [-0.1, -0.05) is 11.6 Å². The molecule has 10 rings (SSSR count). The van der Waals surface area contributed by atoms with Gasteiger partial charge in [0.2, 0.25) is 17.8 Å². The van der Waals surface area contributed by atoms with Crippen molar-refractivity contribution >= 4 is 69.3 Å². The van der Waals surface area contributed by atoms with Crippen molar-refractivity contribution in [3.05, 3.63) is 56.7 Å². The molecule has 0 bridgehead atoms. The number of aromatic nitrogens is 3. The molecule has 5 aliphatic heterocycles. The van der Waals surface area contributed by atoms with Crippen LogP contribution < -0.4 is 21.1 Å². The van der Waals surface area contributed by atoms with Crippen LogP contribution in [0.4, 0.5) is 16.0 Å². The van der Waals surface area contributed by atoms with Gasteiger partial charge in [-0.15, -0.1) is 4.31 Å². The van der Waals surface area contributed by atoms with Crippen LogP contribution in [0, 0.1) is 11.2 Å². The standard InChI is InChI=1S/C44H53ClFN9O7S/c1-43(61)10-2-3-35(43)55-37-25(19-31(45)41(55)60)24-47-42(50-37)48-26-6-15-53(16-7-26)63(62)28-8-13-51(14-9-28)27-22-44(23-27)11-17-52(18-12-44)34-21-30-29(20-32(34)46)39(58)54(40(30)59)33-4-5-36(56)49-38(33)57/h19-21,24,26-28,33,35,61H,2-18,22-23H2,1H3,(H,47,48,50)(H,49,56,57)/t33?,35-,43-,63?/m1/s1. The maximum Gasteiger partial charge on any atom is 0.271 e. The number of nitrogens with zero attached hydrogens (tertiary/aromatic N) is 7. The van der Waals surface area contributed by atoms with Gasteiger partial charge in [0, 0.05) is 93.6 Å². The van der Waals surface area contributed by atoms with Crippen molar-refractivity contribution in [3.63, 3.8) is 0 Å². The first kappa shape index (κ1) is 42.7. The fourth-order valence-corrected chi connectivity index (χ4v) is 13.4. The van der Waals surface area contributed by atoms with Gasteiger partial charge < -0.3 is 19.9 Å². The second kappa shape index (κ2) is 16.3. The van der Waals surface area contributed by atoms with Crippen LogP contribution in [0.15, 0.2) is 29.2 Å². The van der Waals surface area contributed by atoms with E-state index in [4.69, 9.17) is 16.6 Å². The number of fused-ring (bicyclic) bond motifs is 2. The number of likely N-dealkylation sites (tertiary alicyclic amines) is 1. The van der Waals surface area contributed by atoms with Crippen LogP contribution in [-0.4, -0.2) is 130 Å². The number of pyridine rings is 1. The number of rotatable bonds is 8. The molecule has 2 aliphatic carbocycles. The zero-order valence-corrected chi connectivity index (χ0v) is 36.9. The highest BCUT2D eigenvalue weighted by Crippen LogP contribution is 2.52. The molecule has 63 heavy (non-hydrogen) atoms. The number of hydrogen-bond acceptors (Lipinski definition) is 13. The molecule has 1 aromatic carbocycles. The summed E-state index contributed by atoms with van der Waals surface area (Å²) < 4.78 is 33.0. The van der Waals surface area contributed by atoms with Crippen molar-refractivity contribution in [1.82, 2.24) is 34.0 Å². The molecular formula is C44H53ClFN9O7S. The first-order chi connectivity index (χ1) is 30.2. The van der Waals surface area contributed by atoms with Crippen LogP contribution in [0.25, 0.3) is 11.0 Å². The molecule has 7 aliphatic rings. The fraction of sp³-hybridized carbons (Fsp3) is 0.614. The number of carbonyl (C=O) groups excluding carboxylic acids is 4. The van der Waals surface area contributed by atoms with E-state index in [1.54, 1.807) is 23.8 Å². The Balaban J connectivity index is 0.684. The monoisotopic (exact) mass is 905 g/mol. The van der Waals surface area contributed by atoms with Crippen LogP contribution in [0.3, 0.4) is 0 Å². The molecule has 4 saturated heterocycles. The summed E-state index contributed by atoms with van der Waals surface area (Å²) in [4.78, 5) is 78.6. The Bertz CT molecular complexity index is 2420. The topological polar surface area (TPSA) is 196 Å². The van der Waals surface area contributed by atoms with Crippen LogP contribution >= 0.6 is 11.6 Å². The van der Waals surface area contributed by atoms with E-state index in [-0.39, 0.29) is 56.9 Å². The number of carbonyl (C=O) groups is 4. The van der Waals surface area contributed by atoms with Crippen LogP contribution in [0.2, 0.25) is 5.02 Å². The van der Waals surface area contributed by atoms with Crippen molar-refractivity contribution in [2.45, 2.75) is 125 Å². The van der Waals surface area contributed by atoms with E-state index >= 15 is 4.39 Å².